The highest BCUT2D eigenvalue weighted by Gasteiger charge is 2.43. The molecule has 212 valence electrons. The number of para-hydroxylation sites is 2. The maximum Gasteiger partial charge on any atom is 0.216 e. The van der Waals surface area contributed by atoms with Gasteiger partial charge in [-0.1, -0.05) is 32.4 Å². The van der Waals surface area contributed by atoms with Crippen molar-refractivity contribution < 1.29 is 33.3 Å². The van der Waals surface area contributed by atoms with Crippen molar-refractivity contribution in [3.8, 4) is 40.6 Å². The van der Waals surface area contributed by atoms with Crippen LogP contribution in [0.1, 0.15) is 51.5 Å². The van der Waals surface area contributed by atoms with Crippen molar-refractivity contribution in [2.45, 2.75) is 63.5 Å². The second kappa shape index (κ2) is 13.3. The van der Waals surface area contributed by atoms with Gasteiger partial charge in [-0.05, 0) is 37.0 Å². The van der Waals surface area contributed by atoms with E-state index in [1.807, 2.05) is 32.0 Å². The van der Waals surface area contributed by atoms with Gasteiger partial charge in [-0.3, -0.25) is 10.1 Å². The lowest BCUT2D eigenvalue weighted by molar-refractivity contribution is -0.526. The molecule has 3 rings (SSSR count). The van der Waals surface area contributed by atoms with Gasteiger partial charge >= 0.3 is 0 Å². The molecule has 39 heavy (non-hydrogen) atoms. The molecule has 0 radical (unpaired) electrons. The predicted molar refractivity (Wildman–Crippen MR) is 145 cm³/mol. The number of nitrogens with zero attached hydrogens (tertiary/aromatic N) is 2. The quantitative estimate of drug-likeness (QED) is 0.222. The molecule has 0 fully saturated rings. The molecule has 4 unspecified atom stereocenters. The zero-order valence-electron chi connectivity index (χ0n) is 23.5. The second-order valence-electron chi connectivity index (χ2n) is 9.68. The maximum absolute atomic E-state index is 12.0. The number of nitriles is 1. The van der Waals surface area contributed by atoms with Crippen LogP contribution in [0.3, 0.4) is 0 Å². The third kappa shape index (κ3) is 6.08. The first-order chi connectivity index (χ1) is 18.8. The van der Waals surface area contributed by atoms with Crippen LogP contribution in [0.2, 0.25) is 0 Å². The van der Waals surface area contributed by atoms with Gasteiger partial charge in [0.2, 0.25) is 17.5 Å². The summed E-state index contributed by atoms with van der Waals surface area (Å²) in [6.45, 7) is 4.26. The molecule has 1 aliphatic rings. The summed E-state index contributed by atoms with van der Waals surface area (Å²) in [7, 11) is 6.03. The zero-order chi connectivity index (χ0) is 28.6. The highest BCUT2D eigenvalue weighted by molar-refractivity contribution is 5.65. The van der Waals surface area contributed by atoms with E-state index in [1.54, 1.807) is 12.1 Å². The molecule has 0 saturated carbocycles. The Hall–Kier alpha value is -3.87. The van der Waals surface area contributed by atoms with Gasteiger partial charge in [-0.2, -0.15) is 5.26 Å². The molecular formula is C29H38N2O8. The van der Waals surface area contributed by atoms with Crippen molar-refractivity contribution in [3.05, 3.63) is 46.0 Å². The summed E-state index contributed by atoms with van der Waals surface area (Å²) in [6.07, 6.45) is 1.58. The number of rotatable bonds is 14. The van der Waals surface area contributed by atoms with Crippen molar-refractivity contribution in [2.75, 3.05) is 35.0 Å². The van der Waals surface area contributed by atoms with Crippen molar-refractivity contribution in [1.29, 1.82) is 5.26 Å². The number of methoxy groups -OCH3 is 4. The van der Waals surface area contributed by atoms with Crippen molar-refractivity contribution >= 4 is 0 Å². The summed E-state index contributed by atoms with van der Waals surface area (Å²) in [4.78, 5) is 11.8. The van der Waals surface area contributed by atoms with Crippen molar-refractivity contribution in [1.82, 2.24) is 0 Å². The largest absolute Gasteiger partial charge is 0.493 e. The Balaban J connectivity index is 1.88. The highest BCUT2D eigenvalue weighted by Crippen LogP contribution is 2.53. The van der Waals surface area contributed by atoms with Gasteiger partial charge in [0.05, 0.1) is 46.3 Å². The molecule has 0 aromatic heterocycles. The van der Waals surface area contributed by atoms with E-state index in [9.17, 15) is 15.4 Å². The van der Waals surface area contributed by atoms with E-state index in [0.717, 1.165) is 0 Å². The van der Waals surface area contributed by atoms with E-state index in [0.29, 0.717) is 59.3 Å². The van der Waals surface area contributed by atoms with Gasteiger partial charge in [0.1, 0.15) is 12.7 Å². The third-order valence-corrected chi connectivity index (χ3v) is 7.63. The van der Waals surface area contributed by atoms with Crippen LogP contribution in [0, 0.1) is 27.4 Å². The lowest BCUT2D eigenvalue weighted by atomic mass is 9.67. The van der Waals surface area contributed by atoms with E-state index in [4.69, 9.17) is 28.4 Å². The van der Waals surface area contributed by atoms with E-state index in [-0.39, 0.29) is 30.3 Å². The topological polar surface area (TPSA) is 122 Å². The molecule has 2 aromatic carbocycles. The van der Waals surface area contributed by atoms with Crippen molar-refractivity contribution in [2.24, 2.45) is 5.92 Å². The number of benzene rings is 2. The standard InChI is InChI=1S/C29H38N2O8/c1-7-19(2)29(18-30,22-16-25(34-3)27(36-5)28(37-6)26(22)35-4)14-10-11-20(31(32)33)15-21-17-38-23-12-8-9-13-24(23)39-21/h8-9,12-13,16,19-21H,7,10-11,14-15,17H2,1-6H3. The van der Waals surface area contributed by atoms with Crippen LogP contribution < -0.4 is 28.4 Å². The smallest absolute Gasteiger partial charge is 0.216 e. The molecule has 4 atom stereocenters. The Labute approximate surface area is 229 Å². The fourth-order valence-corrected chi connectivity index (χ4v) is 5.29. The first-order valence-electron chi connectivity index (χ1n) is 13.1. The molecule has 10 nitrogen and oxygen atoms in total. The maximum atomic E-state index is 12.0. The van der Waals surface area contributed by atoms with Crippen LogP contribution in [0.5, 0.6) is 34.5 Å². The minimum Gasteiger partial charge on any atom is -0.493 e. The third-order valence-electron chi connectivity index (χ3n) is 7.63. The summed E-state index contributed by atoms with van der Waals surface area (Å²) in [5.74, 6) is 2.61. The van der Waals surface area contributed by atoms with Crippen LogP contribution in [-0.2, 0) is 5.41 Å². The second-order valence-corrected chi connectivity index (χ2v) is 9.68. The van der Waals surface area contributed by atoms with Crippen LogP contribution in [0.25, 0.3) is 0 Å². The minimum atomic E-state index is -1.02. The van der Waals surface area contributed by atoms with Gasteiger partial charge in [-0.25, -0.2) is 0 Å². The molecule has 0 amide bonds. The number of ether oxygens (including phenoxy) is 6. The first-order valence-corrected chi connectivity index (χ1v) is 13.1. The van der Waals surface area contributed by atoms with Gasteiger partial charge in [-0.15, -0.1) is 0 Å². The summed E-state index contributed by atoms with van der Waals surface area (Å²) in [5.41, 5.74) is -0.410. The van der Waals surface area contributed by atoms with Gasteiger partial charge < -0.3 is 28.4 Å². The van der Waals surface area contributed by atoms with Crippen LogP contribution in [-0.4, -0.2) is 52.1 Å². The number of hydrogen-bond acceptors (Lipinski definition) is 9. The predicted octanol–water partition coefficient (Wildman–Crippen LogP) is 5.57. The Morgan fingerprint density at radius 2 is 1.77 bits per heavy atom. The SMILES string of the molecule is CCC(C)C(C#N)(CCCC(CC1COc2ccccc2O1)[N+](=O)[O-])c1cc(OC)c(OC)c(OC)c1OC. The molecule has 1 heterocycles. The Kier molecular flexibility index (Phi) is 10.1. The number of nitro groups is 1. The van der Waals surface area contributed by atoms with Crippen LogP contribution >= 0.6 is 0 Å². The normalized spacial score (nSPS) is 17.2. The molecule has 0 aliphatic carbocycles. The van der Waals surface area contributed by atoms with Gasteiger partial charge in [0.15, 0.2) is 23.0 Å². The van der Waals surface area contributed by atoms with E-state index >= 15 is 0 Å². The monoisotopic (exact) mass is 542 g/mol. The van der Waals surface area contributed by atoms with E-state index in [1.165, 1.54) is 28.4 Å². The van der Waals surface area contributed by atoms with Gasteiger partial charge in [0.25, 0.3) is 0 Å². The van der Waals surface area contributed by atoms with Crippen LogP contribution in [0.4, 0.5) is 0 Å². The molecule has 0 spiro atoms. The number of hydrogen-bond donors (Lipinski definition) is 0. The Bertz CT molecular complexity index is 1180. The Morgan fingerprint density at radius 3 is 2.33 bits per heavy atom. The first kappa shape index (κ1) is 29.7. The number of fused-ring (bicyclic) bond motifs is 1. The van der Waals surface area contributed by atoms with E-state index in [2.05, 4.69) is 6.07 Å². The summed E-state index contributed by atoms with van der Waals surface area (Å²) < 4.78 is 34.2. The summed E-state index contributed by atoms with van der Waals surface area (Å²) in [6, 6.07) is 10.7. The fourth-order valence-electron chi connectivity index (χ4n) is 5.29. The molecule has 1 aliphatic heterocycles. The molecule has 0 N–H and O–H groups in total. The average molecular weight is 543 g/mol. The lowest BCUT2D eigenvalue weighted by Gasteiger charge is -2.35. The molecule has 2 aromatic rings. The lowest BCUT2D eigenvalue weighted by Crippen LogP contribution is -2.36. The Morgan fingerprint density at radius 1 is 1.10 bits per heavy atom. The highest BCUT2D eigenvalue weighted by atomic mass is 16.6. The molecule has 10 heteroatoms. The minimum absolute atomic E-state index is 0.0974. The molecular weight excluding hydrogens is 504 g/mol. The molecule has 0 bridgehead atoms. The summed E-state index contributed by atoms with van der Waals surface area (Å²) >= 11 is 0. The van der Waals surface area contributed by atoms with Crippen LogP contribution in [0.15, 0.2) is 30.3 Å². The summed E-state index contributed by atoms with van der Waals surface area (Å²) in [5, 5.41) is 22.7. The van der Waals surface area contributed by atoms with Crippen molar-refractivity contribution in [3.63, 3.8) is 0 Å². The van der Waals surface area contributed by atoms with Gasteiger partial charge in [0, 0.05) is 16.9 Å². The zero-order valence-corrected chi connectivity index (χ0v) is 23.5. The van der Waals surface area contributed by atoms with E-state index < -0.39 is 17.6 Å². The fraction of sp³-hybridized carbons (Fsp3) is 0.552. The molecule has 0 saturated heterocycles. The average Bonchev–Trinajstić information content (AvgIpc) is 2.97.